The molecule has 30 heavy (non-hydrogen) atoms. The Labute approximate surface area is 178 Å². The normalized spacial score (nSPS) is 19.1. The van der Waals surface area contributed by atoms with Crippen molar-refractivity contribution >= 4 is 40.9 Å². The van der Waals surface area contributed by atoms with E-state index in [1.165, 1.54) is 23.9 Å². The maximum atomic E-state index is 13.2. The van der Waals surface area contributed by atoms with Gasteiger partial charge in [-0.05, 0) is 55.7 Å². The van der Waals surface area contributed by atoms with Crippen molar-refractivity contribution in [1.29, 1.82) is 0 Å². The van der Waals surface area contributed by atoms with Gasteiger partial charge in [-0.1, -0.05) is 12.1 Å². The van der Waals surface area contributed by atoms with Gasteiger partial charge in [-0.2, -0.15) is 0 Å². The van der Waals surface area contributed by atoms with E-state index >= 15 is 0 Å². The first-order chi connectivity index (χ1) is 14.4. The number of piperidine rings is 1. The predicted octanol–water partition coefficient (Wildman–Crippen LogP) is 3.42. The van der Waals surface area contributed by atoms with Gasteiger partial charge in [0.2, 0.25) is 17.7 Å². The zero-order chi connectivity index (χ0) is 21.3. The maximum Gasteiger partial charge on any atom is 0.247 e. The van der Waals surface area contributed by atoms with Crippen LogP contribution >= 0.6 is 11.8 Å². The number of nitrogens with zero attached hydrogens (tertiary/aromatic N) is 1. The number of thioether (sulfide) groups is 1. The third-order valence-electron chi connectivity index (χ3n) is 5.48. The number of hydrogen-bond donors (Lipinski definition) is 2. The molecular weight excluding hydrogens is 405 g/mol. The summed E-state index contributed by atoms with van der Waals surface area (Å²) in [6, 6.07) is 11.7. The molecule has 0 bridgehead atoms. The van der Waals surface area contributed by atoms with Gasteiger partial charge >= 0.3 is 0 Å². The molecule has 2 heterocycles. The van der Waals surface area contributed by atoms with Crippen molar-refractivity contribution in [1.82, 2.24) is 4.90 Å². The van der Waals surface area contributed by atoms with Gasteiger partial charge in [0.05, 0.1) is 5.69 Å². The SMILES string of the molecule is Cc1cc(F)ccc1NC(=O)C1CCN(C(=O)[C@H]2Sc3ccccc3NC2=O)CC1. The summed E-state index contributed by atoms with van der Waals surface area (Å²) < 4.78 is 13.2. The molecule has 0 unspecified atom stereocenters. The van der Waals surface area contributed by atoms with Crippen molar-refractivity contribution in [2.75, 3.05) is 23.7 Å². The van der Waals surface area contributed by atoms with Crippen LogP contribution in [0.15, 0.2) is 47.4 Å². The summed E-state index contributed by atoms with van der Waals surface area (Å²) in [4.78, 5) is 40.5. The molecule has 0 radical (unpaired) electrons. The van der Waals surface area contributed by atoms with Gasteiger partial charge < -0.3 is 15.5 Å². The molecule has 2 aliphatic heterocycles. The van der Waals surface area contributed by atoms with Gasteiger partial charge in [0.25, 0.3) is 0 Å². The van der Waals surface area contributed by atoms with Crippen LogP contribution in [-0.2, 0) is 14.4 Å². The summed E-state index contributed by atoms with van der Waals surface area (Å²) >= 11 is 1.27. The molecule has 1 atom stereocenters. The van der Waals surface area contributed by atoms with Crippen LogP contribution in [0.1, 0.15) is 18.4 Å². The molecule has 156 valence electrons. The highest BCUT2D eigenvalue weighted by atomic mass is 32.2. The van der Waals surface area contributed by atoms with Gasteiger partial charge in [-0.15, -0.1) is 11.8 Å². The fourth-order valence-corrected chi connectivity index (χ4v) is 4.82. The van der Waals surface area contributed by atoms with Crippen LogP contribution in [0.4, 0.5) is 15.8 Å². The first-order valence-corrected chi connectivity index (χ1v) is 10.7. The Balaban J connectivity index is 1.34. The lowest BCUT2D eigenvalue weighted by molar-refractivity contribution is -0.136. The zero-order valence-electron chi connectivity index (χ0n) is 16.5. The zero-order valence-corrected chi connectivity index (χ0v) is 17.3. The summed E-state index contributed by atoms with van der Waals surface area (Å²) in [5.41, 5.74) is 1.98. The van der Waals surface area contributed by atoms with Gasteiger partial charge in [0.15, 0.2) is 5.25 Å². The molecule has 8 heteroatoms. The average molecular weight is 428 g/mol. The average Bonchev–Trinajstić information content (AvgIpc) is 2.75. The van der Waals surface area contributed by atoms with Gasteiger partial charge in [-0.3, -0.25) is 14.4 Å². The molecule has 2 aromatic rings. The molecule has 0 aliphatic carbocycles. The third kappa shape index (κ3) is 4.18. The number of carbonyl (C=O) groups excluding carboxylic acids is 3. The number of fused-ring (bicyclic) bond motifs is 1. The van der Waals surface area contributed by atoms with Crippen LogP contribution < -0.4 is 10.6 Å². The van der Waals surface area contributed by atoms with Crippen molar-refractivity contribution in [2.45, 2.75) is 29.9 Å². The topological polar surface area (TPSA) is 78.5 Å². The number of amides is 3. The number of para-hydroxylation sites is 1. The molecule has 0 aromatic heterocycles. The molecule has 1 fully saturated rings. The second-order valence-electron chi connectivity index (χ2n) is 7.53. The van der Waals surface area contributed by atoms with Crippen LogP contribution in [0.25, 0.3) is 0 Å². The maximum absolute atomic E-state index is 13.2. The molecule has 2 aromatic carbocycles. The fourth-order valence-electron chi connectivity index (χ4n) is 3.74. The van der Waals surface area contributed by atoms with E-state index in [-0.39, 0.29) is 29.5 Å². The van der Waals surface area contributed by atoms with E-state index in [0.717, 1.165) is 10.6 Å². The largest absolute Gasteiger partial charge is 0.341 e. The summed E-state index contributed by atoms with van der Waals surface area (Å²) in [7, 11) is 0. The van der Waals surface area contributed by atoms with Gasteiger partial charge in [-0.25, -0.2) is 4.39 Å². The monoisotopic (exact) mass is 427 g/mol. The van der Waals surface area contributed by atoms with Crippen molar-refractivity contribution in [3.8, 4) is 0 Å². The van der Waals surface area contributed by atoms with Crippen molar-refractivity contribution in [2.24, 2.45) is 5.92 Å². The number of hydrogen-bond acceptors (Lipinski definition) is 4. The molecule has 3 amide bonds. The molecule has 2 N–H and O–H groups in total. The molecule has 0 spiro atoms. The van der Waals surface area contributed by atoms with Crippen molar-refractivity contribution < 1.29 is 18.8 Å². The molecule has 2 aliphatic rings. The molecule has 6 nitrogen and oxygen atoms in total. The summed E-state index contributed by atoms with van der Waals surface area (Å²) in [5.74, 6) is -1.23. The smallest absolute Gasteiger partial charge is 0.247 e. The highest BCUT2D eigenvalue weighted by Crippen LogP contribution is 2.36. The Morgan fingerprint density at radius 2 is 1.90 bits per heavy atom. The van der Waals surface area contributed by atoms with Gasteiger partial charge in [0.1, 0.15) is 5.82 Å². The minimum atomic E-state index is -0.813. The third-order valence-corrected chi connectivity index (χ3v) is 6.74. The number of nitrogens with one attached hydrogen (secondary N) is 2. The number of halogens is 1. The van der Waals surface area contributed by atoms with Crippen LogP contribution in [0.5, 0.6) is 0 Å². The number of rotatable bonds is 3. The highest BCUT2D eigenvalue weighted by molar-refractivity contribution is 8.01. The first kappa shape index (κ1) is 20.4. The van der Waals surface area contributed by atoms with E-state index in [0.29, 0.717) is 37.2 Å². The van der Waals surface area contributed by atoms with E-state index in [9.17, 15) is 18.8 Å². The van der Waals surface area contributed by atoms with Crippen LogP contribution in [0.3, 0.4) is 0 Å². The van der Waals surface area contributed by atoms with E-state index in [2.05, 4.69) is 10.6 Å². The van der Waals surface area contributed by atoms with E-state index in [1.54, 1.807) is 17.9 Å². The summed E-state index contributed by atoms with van der Waals surface area (Å²) in [6.45, 7) is 2.58. The fraction of sp³-hybridized carbons (Fsp3) is 0.318. The Morgan fingerprint density at radius 1 is 1.17 bits per heavy atom. The molecule has 4 rings (SSSR count). The van der Waals surface area contributed by atoms with Crippen LogP contribution in [-0.4, -0.2) is 41.0 Å². The number of likely N-dealkylation sites (tertiary alicyclic amines) is 1. The van der Waals surface area contributed by atoms with Crippen molar-refractivity contribution in [3.63, 3.8) is 0 Å². The lowest BCUT2D eigenvalue weighted by atomic mass is 9.95. The quantitative estimate of drug-likeness (QED) is 0.736. The number of anilines is 2. The summed E-state index contributed by atoms with van der Waals surface area (Å²) in [6.07, 6.45) is 1.04. The minimum Gasteiger partial charge on any atom is -0.341 e. The lowest BCUT2D eigenvalue weighted by Crippen LogP contribution is -2.48. The minimum absolute atomic E-state index is 0.129. The number of carbonyl (C=O) groups is 3. The second-order valence-corrected chi connectivity index (χ2v) is 8.68. The molecule has 1 saturated heterocycles. The van der Waals surface area contributed by atoms with Crippen molar-refractivity contribution in [3.05, 3.63) is 53.8 Å². The Hall–Kier alpha value is -2.87. The van der Waals surface area contributed by atoms with E-state index in [4.69, 9.17) is 0 Å². The molecular formula is C22H22FN3O3S. The first-order valence-electron chi connectivity index (χ1n) is 9.85. The molecule has 0 saturated carbocycles. The second kappa shape index (κ2) is 8.47. The standard InChI is InChI=1S/C22H22FN3O3S/c1-13-12-15(23)6-7-16(13)24-20(27)14-8-10-26(11-9-14)22(29)19-21(28)25-17-4-2-3-5-18(17)30-19/h2-7,12,14,19H,8-11H2,1H3,(H,24,27)(H,25,28)/t19-/m0/s1. The predicted molar refractivity (Wildman–Crippen MR) is 114 cm³/mol. The highest BCUT2D eigenvalue weighted by Gasteiger charge is 2.37. The van der Waals surface area contributed by atoms with E-state index < -0.39 is 5.25 Å². The van der Waals surface area contributed by atoms with Crippen LogP contribution in [0.2, 0.25) is 0 Å². The van der Waals surface area contributed by atoms with Crippen LogP contribution in [0, 0.1) is 18.7 Å². The number of aryl methyl sites for hydroxylation is 1. The summed E-state index contributed by atoms with van der Waals surface area (Å²) in [5, 5.41) is 4.84. The van der Waals surface area contributed by atoms with E-state index in [1.807, 2.05) is 24.3 Å². The Morgan fingerprint density at radius 3 is 2.63 bits per heavy atom. The Bertz CT molecular complexity index is 1000. The lowest BCUT2D eigenvalue weighted by Gasteiger charge is -2.34. The Kier molecular flexibility index (Phi) is 5.76. The van der Waals surface area contributed by atoms with Gasteiger partial charge in [0, 0.05) is 29.6 Å². The number of benzene rings is 2.